The minimum atomic E-state index is -3.31. The first kappa shape index (κ1) is 14.4. The lowest BCUT2D eigenvalue weighted by Crippen LogP contribution is -2.34. The van der Waals surface area contributed by atoms with Crippen molar-refractivity contribution >= 4 is 16.0 Å². The van der Waals surface area contributed by atoms with E-state index in [0.29, 0.717) is 6.54 Å². The number of sulfonamides is 1. The summed E-state index contributed by atoms with van der Waals surface area (Å²) < 4.78 is 25.4. The molecule has 0 atom stereocenters. The molecule has 0 aliphatic carbocycles. The fourth-order valence-electron chi connectivity index (χ4n) is 1.85. The molecule has 0 unspecified atom stereocenters. The zero-order valence-corrected chi connectivity index (χ0v) is 10.7. The number of nitrogens with one attached hydrogen (secondary N) is 1. The first-order chi connectivity index (χ1) is 7.99. The van der Waals surface area contributed by atoms with E-state index in [9.17, 15) is 13.2 Å². The van der Waals surface area contributed by atoms with Crippen molar-refractivity contribution in [1.82, 2.24) is 9.62 Å². The Labute approximate surface area is 102 Å². The molecule has 2 N–H and O–H groups in total. The molecular weight excluding hydrogens is 244 g/mol. The molecule has 1 fully saturated rings. The maximum Gasteiger partial charge on any atom is 0.303 e. The highest BCUT2D eigenvalue weighted by molar-refractivity contribution is 7.89. The Morgan fingerprint density at radius 1 is 1.29 bits per heavy atom. The molecule has 100 valence electrons. The fraction of sp³-hybridized carbons (Fsp3) is 0.900. The summed E-state index contributed by atoms with van der Waals surface area (Å²) in [6, 6.07) is 0. The van der Waals surface area contributed by atoms with Crippen molar-refractivity contribution in [3.05, 3.63) is 0 Å². The smallest absolute Gasteiger partial charge is 0.303 e. The molecule has 0 amide bonds. The van der Waals surface area contributed by atoms with Crippen LogP contribution in [0, 0.1) is 0 Å². The first-order valence-electron chi connectivity index (χ1n) is 5.91. The van der Waals surface area contributed by atoms with E-state index in [2.05, 4.69) is 9.62 Å². The summed E-state index contributed by atoms with van der Waals surface area (Å²) in [6.07, 6.45) is 2.43. The number of carbonyl (C=O) groups is 1. The summed E-state index contributed by atoms with van der Waals surface area (Å²) in [5, 5.41) is 8.41. The summed E-state index contributed by atoms with van der Waals surface area (Å²) >= 11 is 0. The standard InChI is InChI=1S/C10H20N2O4S/c13-10(14)4-3-9-17(15,16)11-5-8-12-6-1-2-7-12/h11H,1-9H2,(H,13,14). The van der Waals surface area contributed by atoms with E-state index < -0.39 is 16.0 Å². The lowest BCUT2D eigenvalue weighted by Gasteiger charge is -2.14. The van der Waals surface area contributed by atoms with E-state index in [1.807, 2.05) is 0 Å². The topological polar surface area (TPSA) is 86.7 Å². The Balaban J connectivity index is 2.13. The van der Waals surface area contributed by atoms with Crippen molar-refractivity contribution in [3.63, 3.8) is 0 Å². The molecule has 1 saturated heterocycles. The van der Waals surface area contributed by atoms with Crippen LogP contribution in [0.1, 0.15) is 25.7 Å². The number of hydrogen-bond acceptors (Lipinski definition) is 4. The molecule has 0 bridgehead atoms. The van der Waals surface area contributed by atoms with E-state index in [1.165, 1.54) is 12.8 Å². The van der Waals surface area contributed by atoms with Crippen LogP contribution >= 0.6 is 0 Å². The van der Waals surface area contributed by atoms with E-state index in [4.69, 9.17) is 5.11 Å². The van der Waals surface area contributed by atoms with Crippen LogP contribution in [0.4, 0.5) is 0 Å². The molecule has 1 rings (SSSR count). The van der Waals surface area contributed by atoms with Crippen molar-refractivity contribution in [2.75, 3.05) is 31.9 Å². The molecule has 0 aromatic carbocycles. The van der Waals surface area contributed by atoms with Gasteiger partial charge < -0.3 is 10.0 Å². The fourth-order valence-corrected chi connectivity index (χ4v) is 2.92. The Bertz CT molecular complexity index is 336. The lowest BCUT2D eigenvalue weighted by atomic mass is 10.3. The van der Waals surface area contributed by atoms with Gasteiger partial charge in [0.1, 0.15) is 0 Å². The van der Waals surface area contributed by atoms with Crippen molar-refractivity contribution in [1.29, 1.82) is 0 Å². The lowest BCUT2D eigenvalue weighted by molar-refractivity contribution is -0.137. The molecular formula is C10H20N2O4S. The van der Waals surface area contributed by atoms with Crippen LogP contribution in [0.3, 0.4) is 0 Å². The normalized spacial score (nSPS) is 17.4. The quantitative estimate of drug-likeness (QED) is 0.637. The molecule has 0 radical (unpaired) electrons. The van der Waals surface area contributed by atoms with Gasteiger partial charge in [-0.05, 0) is 32.4 Å². The van der Waals surface area contributed by atoms with Gasteiger partial charge in [0.15, 0.2) is 0 Å². The highest BCUT2D eigenvalue weighted by atomic mass is 32.2. The summed E-state index contributed by atoms with van der Waals surface area (Å²) in [6.45, 7) is 3.23. The van der Waals surface area contributed by atoms with E-state index in [0.717, 1.165) is 19.6 Å². The summed E-state index contributed by atoms with van der Waals surface area (Å²) in [4.78, 5) is 12.5. The van der Waals surface area contributed by atoms with Gasteiger partial charge in [-0.2, -0.15) is 0 Å². The van der Waals surface area contributed by atoms with Gasteiger partial charge in [-0.3, -0.25) is 4.79 Å². The SMILES string of the molecule is O=C(O)CCCS(=O)(=O)NCCN1CCCC1. The second-order valence-electron chi connectivity index (χ2n) is 4.26. The average molecular weight is 264 g/mol. The van der Waals surface area contributed by atoms with Crippen molar-refractivity contribution in [3.8, 4) is 0 Å². The van der Waals surface area contributed by atoms with Crippen molar-refractivity contribution in [2.24, 2.45) is 0 Å². The minimum Gasteiger partial charge on any atom is -0.481 e. The van der Waals surface area contributed by atoms with Crippen molar-refractivity contribution in [2.45, 2.75) is 25.7 Å². The zero-order chi connectivity index (χ0) is 12.7. The Hall–Kier alpha value is -0.660. The molecule has 0 spiro atoms. The third kappa shape index (κ3) is 6.60. The largest absolute Gasteiger partial charge is 0.481 e. The Morgan fingerprint density at radius 3 is 2.53 bits per heavy atom. The number of carboxylic acids is 1. The third-order valence-corrected chi connectivity index (χ3v) is 4.22. The summed E-state index contributed by atoms with van der Waals surface area (Å²) in [7, 11) is -3.31. The van der Waals surface area contributed by atoms with Gasteiger partial charge in [-0.1, -0.05) is 0 Å². The van der Waals surface area contributed by atoms with Gasteiger partial charge in [0, 0.05) is 19.5 Å². The molecule has 0 aromatic rings. The molecule has 7 heteroatoms. The molecule has 17 heavy (non-hydrogen) atoms. The van der Waals surface area contributed by atoms with Gasteiger partial charge in [0.2, 0.25) is 10.0 Å². The predicted molar refractivity (Wildman–Crippen MR) is 64.3 cm³/mol. The number of carboxylic acid groups (broad SMARTS) is 1. The minimum absolute atomic E-state index is 0.104. The highest BCUT2D eigenvalue weighted by Crippen LogP contribution is 2.05. The van der Waals surface area contributed by atoms with Crippen LogP contribution in [0.2, 0.25) is 0 Å². The van der Waals surface area contributed by atoms with E-state index in [1.54, 1.807) is 0 Å². The molecule has 6 nitrogen and oxygen atoms in total. The van der Waals surface area contributed by atoms with Crippen LogP contribution in [-0.4, -0.2) is 56.3 Å². The van der Waals surface area contributed by atoms with Gasteiger partial charge in [-0.25, -0.2) is 13.1 Å². The second-order valence-corrected chi connectivity index (χ2v) is 6.19. The molecule has 0 aromatic heterocycles. The number of rotatable bonds is 8. The van der Waals surface area contributed by atoms with Crippen LogP contribution in [0.25, 0.3) is 0 Å². The monoisotopic (exact) mass is 264 g/mol. The van der Waals surface area contributed by atoms with Gasteiger partial charge in [0.05, 0.1) is 5.75 Å². The molecule has 1 aliphatic heterocycles. The Kier molecular flexibility index (Phi) is 5.87. The highest BCUT2D eigenvalue weighted by Gasteiger charge is 2.14. The Morgan fingerprint density at radius 2 is 1.94 bits per heavy atom. The second kappa shape index (κ2) is 6.93. The maximum atomic E-state index is 11.5. The predicted octanol–water partition coefficient (Wildman–Crippen LogP) is -0.134. The molecule has 0 saturated carbocycles. The summed E-state index contributed by atoms with van der Waals surface area (Å²) in [5.74, 6) is -1.07. The van der Waals surface area contributed by atoms with E-state index >= 15 is 0 Å². The van der Waals surface area contributed by atoms with Gasteiger partial charge in [-0.15, -0.1) is 0 Å². The van der Waals surface area contributed by atoms with Crippen LogP contribution < -0.4 is 4.72 Å². The number of nitrogens with zero attached hydrogens (tertiary/aromatic N) is 1. The van der Waals surface area contributed by atoms with Crippen molar-refractivity contribution < 1.29 is 18.3 Å². The summed E-state index contributed by atoms with van der Waals surface area (Å²) in [5.41, 5.74) is 0. The average Bonchev–Trinajstić information content (AvgIpc) is 2.69. The first-order valence-corrected chi connectivity index (χ1v) is 7.56. The number of hydrogen-bond donors (Lipinski definition) is 2. The van der Waals surface area contributed by atoms with Crippen LogP contribution in [0.15, 0.2) is 0 Å². The maximum absolute atomic E-state index is 11.5. The number of aliphatic carboxylic acids is 1. The van der Waals surface area contributed by atoms with Gasteiger partial charge in [0.25, 0.3) is 0 Å². The van der Waals surface area contributed by atoms with E-state index in [-0.39, 0.29) is 18.6 Å². The molecule has 1 heterocycles. The van der Waals surface area contributed by atoms with Gasteiger partial charge >= 0.3 is 5.97 Å². The van der Waals surface area contributed by atoms with Crippen LogP contribution in [-0.2, 0) is 14.8 Å². The molecule has 1 aliphatic rings. The van der Waals surface area contributed by atoms with Crippen LogP contribution in [0.5, 0.6) is 0 Å². The number of likely N-dealkylation sites (tertiary alicyclic amines) is 1. The zero-order valence-electron chi connectivity index (χ0n) is 9.89. The third-order valence-electron chi connectivity index (χ3n) is 2.75.